The molecule has 1 atom stereocenters. The molecule has 1 amide bonds. The van der Waals surface area contributed by atoms with E-state index < -0.39 is 0 Å². The number of amides is 1. The van der Waals surface area contributed by atoms with E-state index in [1.165, 1.54) is 5.56 Å². The molecule has 4 nitrogen and oxygen atoms in total. The monoisotopic (exact) mass is 324 g/mol. The third-order valence-electron chi connectivity index (χ3n) is 4.29. The minimum Gasteiger partial charge on any atom is -0.379 e. The van der Waals surface area contributed by atoms with Gasteiger partial charge in [-0.15, -0.1) is 0 Å². The molecule has 0 unspecified atom stereocenters. The standard InChI is InChI=1S/C20H24N2O2/c23-20(16-22-11-13-24-14-12-22)21-19(18-9-5-2-6-10-18)15-17-7-3-1-4-8-17/h1-10,19H,11-16H2,(H,21,23)/t19-/m0/s1. The molecule has 1 aliphatic heterocycles. The lowest BCUT2D eigenvalue weighted by atomic mass is 9.99. The Morgan fingerprint density at radius 2 is 1.62 bits per heavy atom. The van der Waals surface area contributed by atoms with E-state index in [0.29, 0.717) is 19.8 Å². The lowest BCUT2D eigenvalue weighted by Crippen LogP contribution is -2.44. The molecule has 0 bridgehead atoms. The number of carbonyl (C=O) groups is 1. The van der Waals surface area contributed by atoms with E-state index in [1.807, 2.05) is 36.4 Å². The Hall–Kier alpha value is -2.17. The van der Waals surface area contributed by atoms with Crippen LogP contribution in [0.1, 0.15) is 17.2 Å². The molecule has 1 fully saturated rings. The number of morpholine rings is 1. The van der Waals surface area contributed by atoms with Crippen LogP contribution in [0.4, 0.5) is 0 Å². The van der Waals surface area contributed by atoms with E-state index in [-0.39, 0.29) is 11.9 Å². The summed E-state index contributed by atoms with van der Waals surface area (Å²) in [6, 6.07) is 20.4. The van der Waals surface area contributed by atoms with Crippen molar-refractivity contribution < 1.29 is 9.53 Å². The van der Waals surface area contributed by atoms with Gasteiger partial charge in [-0.25, -0.2) is 0 Å². The molecule has 1 aliphatic rings. The number of benzene rings is 2. The molecule has 2 aromatic rings. The highest BCUT2D eigenvalue weighted by Crippen LogP contribution is 2.18. The van der Waals surface area contributed by atoms with Crippen LogP contribution in [0.25, 0.3) is 0 Å². The molecule has 0 spiro atoms. The quantitative estimate of drug-likeness (QED) is 0.887. The van der Waals surface area contributed by atoms with Crippen molar-refractivity contribution >= 4 is 5.91 Å². The number of nitrogens with zero attached hydrogens (tertiary/aromatic N) is 1. The molecule has 0 aromatic heterocycles. The van der Waals surface area contributed by atoms with Gasteiger partial charge >= 0.3 is 0 Å². The van der Waals surface area contributed by atoms with E-state index in [4.69, 9.17) is 4.74 Å². The van der Waals surface area contributed by atoms with Crippen LogP contribution in [0, 0.1) is 0 Å². The summed E-state index contributed by atoms with van der Waals surface area (Å²) in [4.78, 5) is 14.6. The third kappa shape index (κ3) is 4.91. The number of nitrogens with one attached hydrogen (secondary N) is 1. The molecule has 1 saturated heterocycles. The van der Waals surface area contributed by atoms with Crippen molar-refractivity contribution in [2.45, 2.75) is 12.5 Å². The minimum absolute atomic E-state index is 0.0119. The van der Waals surface area contributed by atoms with Crippen LogP contribution in [0.3, 0.4) is 0 Å². The van der Waals surface area contributed by atoms with E-state index in [2.05, 4.69) is 34.5 Å². The van der Waals surface area contributed by atoms with Crippen molar-refractivity contribution in [3.8, 4) is 0 Å². The molecule has 2 aromatic carbocycles. The van der Waals surface area contributed by atoms with Crippen LogP contribution in [0.2, 0.25) is 0 Å². The summed E-state index contributed by atoms with van der Waals surface area (Å²) >= 11 is 0. The van der Waals surface area contributed by atoms with Gasteiger partial charge < -0.3 is 10.1 Å². The Morgan fingerprint density at radius 3 is 2.29 bits per heavy atom. The van der Waals surface area contributed by atoms with Gasteiger partial charge in [0.2, 0.25) is 5.91 Å². The second-order valence-corrected chi connectivity index (χ2v) is 6.11. The zero-order valence-corrected chi connectivity index (χ0v) is 13.9. The Kier molecular flexibility index (Phi) is 5.99. The van der Waals surface area contributed by atoms with E-state index in [1.54, 1.807) is 0 Å². The second kappa shape index (κ2) is 8.62. The highest BCUT2D eigenvalue weighted by molar-refractivity contribution is 5.78. The van der Waals surface area contributed by atoms with E-state index >= 15 is 0 Å². The highest BCUT2D eigenvalue weighted by atomic mass is 16.5. The van der Waals surface area contributed by atoms with Crippen LogP contribution in [0.5, 0.6) is 0 Å². The van der Waals surface area contributed by atoms with Gasteiger partial charge in [-0.1, -0.05) is 60.7 Å². The van der Waals surface area contributed by atoms with Gasteiger partial charge in [-0.3, -0.25) is 9.69 Å². The number of rotatable bonds is 6. The highest BCUT2D eigenvalue weighted by Gasteiger charge is 2.18. The van der Waals surface area contributed by atoms with E-state index in [9.17, 15) is 4.79 Å². The molecule has 3 rings (SSSR count). The lowest BCUT2D eigenvalue weighted by molar-refractivity contribution is -0.124. The summed E-state index contributed by atoms with van der Waals surface area (Å²) in [5, 5.41) is 3.21. The fourth-order valence-electron chi connectivity index (χ4n) is 2.99. The van der Waals surface area contributed by atoms with Gasteiger partial charge in [-0.05, 0) is 17.5 Å². The first-order valence-electron chi connectivity index (χ1n) is 8.49. The molecule has 0 radical (unpaired) electrons. The average molecular weight is 324 g/mol. The van der Waals surface area contributed by atoms with Crippen LogP contribution in [0.15, 0.2) is 60.7 Å². The molecule has 1 heterocycles. The summed E-state index contributed by atoms with van der Waals surface area (Å²) in [6.45, 7) is 3.49. The molecule has 4 heteroatoms. The molecule has 1 N–H and O–H groups in total. The molecule has 24 heavy (non-hydrogen) atoms. The first-order valence-corrected chi connectivity index (χ1v) is 8.49. The van der Waals surface area contributed by atoms with E-state index in [0.717, 1.165) is 25.1 Å². The summed E-state index contributed by atoms with van der Waals surface area (Å²) in [5.41, 5.74) is 2.36. The maximum Gasteiger partial charge on any atom is 0.234 e. The Labute approximate surface area is 143 Å². The Balaban J connectivity index is 1.66. The summed E-state index contributed by atoms with van der Waals surface area (Å²) in [7, 11) is 0. The lowest BCUT2D eigenvalue weighted by Gasteiger charge is -2.27. The van der Waals surface area contributed by atoms with Crippen LogP contribution >= 0.6 is 0 Å². The number of carbonyl (C=O) groups excluding carboxylic acids is 1. The number of hydrogen-bond acceptors (Lipinski definition) is 3. The Bertz CT molecular complexity index is 625. The molecular formula is C20H24N2O2. The smallest absolute Gasteiger partial charge is 0.234 e. The van der Waals surface area contributed by atoms with Gasteiger partial charge in [0.25, 0.3) is 0 Å². The largest absolute Gasteiger partial charge is 0.379 e. The van der Waals surface area contributed by atoms with Gasteiger partial charge in [0.1, 0.15) is 0 Å². The van der Waals surface area contributed by atoms with Gasteiger partial charge in [-0.2, -0.15) is 0 Å². The average Bonchev–Trinajstić information content (AvgIpc) is 2.63. The van der Waals surface area contributed by atoms with Crippen molar-refractivity contribution in [1.29, 1.82) is 0 Å². The number of ether oxygens (including phenoxy) is 1. The minimum atomic E-state index is -0.0119. The van der Waals surface area contributed by atoms with Crippen molar-refractivity contribution in [3.05, 3.63) is 71.8 Å². The van der Waals surface area contributed by atoms with Crippen LogP contribution in [-0.4, -0.2) is 43.7 Å². The third-order valence-corrected chi connectivity index (χ3v) is 4.29. The SMILES string of the molecule is O=C(CN1CCOCC1)N[C@@H](Cc1ccccc1)c1ccccc1. The van der Waals surface area contributed by atoms with Crippen LogP contribution in [-0.2, 0) is 16.0 Å². The topological polar surface area (TPSA) is 41.6 Å². The van der Waals surface area contributed by atoms with Crippen molar-refractivity contribution in [1.82, 2.24) is 10.2 Å². The van der Waals surface area contributed by atoms with Crippen molar-refractivity contribution in [2.24, 2.45) is 0 Å². The normalized spacial score (nSPS) is 16.5. The summed E-state index contributed by atoms with van der Waals surface area (Å²) < 4.78 is 5.34. The second-order valence-electron chi connectivity index (χ2n) is 6.11. The van der Waals surface area contributed by atoms with Crippen molar-refractivity contribution in [2.75, 3.05) is 32.8 Å². The molecule has 126 valence electrons. The Morgan fingerprint density at radius 1 is 1.00 bits per heavy atom. The van der Waals surface area contributed by atoms with Gasteiger partial charge in [0, 0.05) is 13.1 Å². The summed E-state index contributed by atoms with van der Waals surface area (Å²) in [5.74, 6) is 0.0710. The molecule has 0 saturated carbocycles. The fourth-order valence-corrected chi connectivity index (χ4v) is 2.99. The summed E-state index contributed by atoms with van der Waals surface area (Å²) in [6.07, 6.45) is 0.791. The fraction of sp³-hybridized carbons (Fsp3) is 0.350. The first-order chi connectivity index (χ1) is 11.8. The zero-order valence-electron chi connectivity index (χ0n) is 13.9. The van der Waals surface area contributed by atoms with Gasteiger partial charge in [0.05, 0.1) is 25.8 Å². The predicted molar refractivity (Wildman–Crippen MR) is 94.7 cm³/mol. The van der Waals surface area contributed by atoms with Crippen molar-refractivity contribution in [3.63, 3.8) is 0 Å². The first kappa shape index (κ1) is 16.7. The number of hydrogen-bond donors (Lipinski definition) is 1. The zero-order chi connectivity index (χ0) is 16.6. The maximum atomic E-state index is 12.5. The molecular weight excluding hydrogens is 300 g/mol. The van der Waals surface area contributed by atoms with Crippen LogP contribution < -0.4 is 5.32 Å². The van der Waals surface area contributed by atoms with Gasteiger partial charge in [0.15, 0.2) is 0 Å². The predicted octanol–water partition coefficient (Wildman–Crippen LogP) is 2.42. The molecule has 0 aliphatic carbocycles. The maximum absolute atomic E-state index is 12.5.